The number of benzene rings is 2. The molecule has 0 aliphatic carbocycles. The summed E-state index contributed by atoms with van der Waals surface area (Å²) in [7, 11) is 0. The molecule has 0 atom stereocenters. The second-order valence-corrected chi connectivity index (χ2v) is 6.57. The standard InChI is InChI=1S/C19H16ClN5O4/c20-14-4-2-1-3-13(14)9-22-19-17(25(26)27)18(23-10-24-19)21-8-12-5-6-15-16(7-12)29-11-28-15/h1-7,10H,8-9,11H2,(H2,21,22,23,24). The van der Waals surface area contributed by atoms with Gasteiger partial charge in [0.2, 0.25) is 18.4 Å². The second kappa shape index (κ2) is 8.19. The quantitative estimate of drug-likeness (QED) is 0.441. The molecule has 0 saturated carbocycles. The molecule has 1 aromatic heterocycles. The molecule has 0 radical (unpaired) electrons. The molecular weight excluding hydrogens is 398 g/mol. The number of nitrogens with one attached hydrogen (secondary N) is 2. The Bertz CT molecular complexity index is 1060. The van der Waals surface area contributed by atoms with Crippen molar-refractivity contribution in [2.45, 2.75) is 13.1 Å². The third-order valence-corrected chi connectivity index (χ3v) is 4.67. The van der Waals surface area contributed by atoms with Crippen molar-refractivity contribution in [3.05, 3.63) is 75.1 Å². The first kappa shape index (κ1) is 18.8. The van der Waals surface area contributed by atoms with E-state index in [9.17, 15) is 10.1 Å². The van der Waals surface area contributed by atoms with E-state index in [1.807, 2.05) is 30.3 Å². The summed E-state index contributed by atoms with van der Waals surface area (Å²) in [4.78, 5) is 19.2. The molecule has 0 spiro atoms. The number of nitro groups is 1. The lowest BCUT2D eigenvalue weighted by atomic mass is 10.2. The highest BCUT2D eigenvalue weighted by Gasteiger charge is 2.23. The predicted molar refractivity (Wildman–Crippen MR) is 107 cm³/mol. The Morgan fingerprint density at radius 1 is 1.03 bits per heavy atom. The molecule has 4 rings (SSSR count). The molecule has 3 aromatic rings. The number of aromatic nitrogens is 2. The summed E-state index contributed by atoms with van der Waals surface area (Å²) in [5.74, 6) is 1.54. The highest BCUT2D eigenvalue weighted by atomic mass is 35.5. The molecule has 0 amide bonds. The number of halogens is 1. The zero-order valence-corrected chi connectivity index (χ0v) is 15.8. The van der Waals surface area contributed by atoms with Crippen molar-refractivity contribution in [2.75, 3.05) is 17.4 Å². The normalized spacial score (nSPS) is 11.9. The number of fused-ring (bicyclic) bond motifs is 1. The summed E-state index contributed by atoms with van der Waals surface area (Å²) in [6.45, 7) is 0.793. The van der Waals surface area contributed by atoms with Crippen LogP contribution in [0, 0.1) is 10.1 Å². The maximum absolute atomic E-state index is 11.7. The van der Waals surface area contributed by atoms with Gasteiger partial charge in [-0.15, -0.1) is 0 Å². The second-order valence-electron chi connectivity index (χ2n) is 6.16. The minimum Gasteiger partial charge on any atom is -0.454 e. The monoisotopic (exact) mass is 413 g/mol. The topological polar surface area (TPSA) is 111 Å². The zero-order chi connectivity index (χ0) is 20.2. The van der Waals surface area contributed by atoms with Crippen molar-refractivity contribution in [3.63, 3.8) is 0 Å². The number of hydrogen-bond acceptors (Lipinski definition) is 8. The summed E-state index contributed by atoms with van der Waals surface area (Å²) in [5.41, 5.74) is 1.44. The average Bonchev–Trinajstić information content (AvgIpc) is 3.19. The average molecular weight is 414 g/mol. The Morgan fingerprint density at radius 2 is 1.76 bits per heavy atom. The third kappa shape index (κ3) is 4.14. The maximum atomic E-state index is 11.7. The predicted octanol–water partition coefficient (Wildman–Crippen LogP) is 3.99. The van der Waals surface area contributed by atoms with Crippen LogP contribution in [0.2, 0.25) is 5.02 Å². The van der Waals surface area contributed by atoms with Crippen LogP contribution < -0.4 is 20.1 Å². The number of nitrogens with zero attached hydrogens (tertiary/aromatic N) is 3. The summed E-state index contributed by atoms with van der Waals surface area (Å²) >= 11 is 6.14. The van der Waals surface area contributed by atoms with Crippen molar-refractivity contribution >= 4 is 28.9 Å². The molecule has 2 heterocycles. The molecule has 2 aromatic carbocycles. The van der Waals surface area contributed by atoms with E-state index < -0.39 is 4.92 Å². The number of hydrogen-bond donors (Lipinski definition) is 2. The van der Waals surface area contributed by atoms with Gasteiger partial charge in [-0.2, -0.15) is 0 Å². The van der Waals surface area contributed by atoms with E-state index in [4.69, 9.17) is 21.1 Å². The minimum absolute atomic E-state index is 0.109. The fourth-order valence-electron chi connectivity index (χ4n) is 2.87. The van der Waals surface area contributed by atoms with Crippen molar-refractivity contribution in [1.29, 1.82) is 0 Å². The Hall–Kier alpha value is -3.59. The van der Waals surface area contributed by atoms with Crippen LogP contribution in [0.1, 0.15) is 11.1 Å². The lowest BCUT2D eigenvalue weighted by molar-refractivity contribution is -0.383. The number of rotatable bonds is 7. The van der Waals surface area contributed by atoms with Gasteiger partial charge in [0.25, 0.3) is 0 Å². The summed E-state index contributed by atoms with van der Waals surface area (Å²) in [5, 5.41) is 18.2. The lowest BCUT2D eigenvalue weighted by Crippen LogP contribution is -2.10. The SMILES string of the molecule is O=[N+]([O-])c1c(NCc2ccc3c(c2)OCO3)ncnc1NCc1ccccc1Cl. The first-order chi connectivity index (χ1) is 14.1. The molecule has 10 heteroatoms. The van der Waals surface area contributed by atoms with Crippen LogP contribution in [0.25, 0.3) is 0 Å². The maximum Gasteiger partial charge on any atom is 0.353 e. The number of anilines is 2. The molecule has 0 saturated heterocycles. The fraction of sp³-hybridized carbons (Fsp3) is 0.158. The van der Waals surface area contributed by atoms with E-state index in [2.05, 4.69) is 20.6 Å². The van der Waals surface area contributed by atoms with Gasteiger partial charge in [0.15, 0.2) is 11.5 Å². The van der Waals surface area contributed by atoms with E-state index >= 15 is 0 Å². The third-order valence-electron chi connectivity index (χ3n) is 4.31. The van der Waals surface area contributed by atoms with Gasteiger partial charge in [0, 0.05) is 18.1 Å². The molecule has 1 aliphatic rings. The van der Waals surface area contributed by atoms with Gasteiger partial charge < -0.3 is 20.1 Å². The van der Waals surface area contributed by atoms with Gasteiger partial charge in [-0.1, -0.05) is 35.9 Å². The fourth-order valence-corrected chi connectivity index (χ4v) is 3.07. The highest BCUT2D eigenvalue weighted by Crippen LogP contribution is 2.34. The summed E-state index contributed by atoms with van der Waals surface area (Å²) in [6, 6.07) is 12.7. The van der Waals surface area contributed by atoms with Crippen LogP contribution >= 0.6 is 11.6 Å². The van der Waals surface area contributed by atoms with Crippen molar-refractivity contribution in [3.8, 4) is 11.5 Å². The molecule has 0 bridgehead atoms. The molecular formula is C19H16ClN5O4. The van der Waals surface area contributed by atoms with Gasteiger partial charge >= 0.3 is 5.69 Å². The van der Waals surface area contributed by atoms with Crippen molar-refractivity contribution < 1.29 is 14.4 Å². The van der Waals surface area contributed by atoms with Gasteiger partial charge in [-0.25, -0.2) is 9.97 Å². The van der Waals surface area contributed by atoms with E-state index in [0.29, 0.717) is 29.6 Å². The molecule has 9 nitrogen and oxygen atoms in total. The molecule has 1 aliphatic heterocycles. The molecule has 0 fully saturated rings. The van der Waals surface area contributed by atoms with Crippen molar-refractivity contribution in [2.24, 2.45) is 0 Å². The van der Waals surface area contributed by atoms with E-state index in [1.54, 1.807) is 12.1 Å². The zero-order valence-electron chi connectivity index (χ0n) is 15.1. The number of ether oxygens (including phenoxy) is 2. The summed E-state index contributed by atoms with van der Waals surface area (Å²) < 4.78 is 10.6. The van der Waals surface area contributed by atoms with E-state index in [0.717, 1.165) is 11.1 Å². The van der Waals surface area contributed by atoms with Crippen LogP contribution in [-0.2, 0) is 13.1 Å². The Labute approximate surface area is 170 Å². The molecule has 0 unspecified atom stereocenters. The largest absolute Gasteiger partial charge is 0.454 e. The Kier molecular flexibility index (Phi) is 5.30. The van der Waals surface area contributed by atoms with Gasteiger partial charge in [0.05, 0.1) is 4.92 Å². The van der Waals surface area contributed by atoms with Gasteiger partial charge in [-0.05, 0) is 29.3 Å². The Balaban J connectivity index is 1.52. The Morgan fingerprint density at radius 3 is 2.52 bits per heavy atom. The first-order valence-electron chi connectivity index (χ1n) is 8.71. The molecule has 29 heavy (non-hydrogen) atoms. The van der Waals surface area contributed by atoms with Crippen LogP contribution in [0.5, 0.6) is 11.5 Å². The van der Waals surface area contributed by atoms with E-state index in [1.165, 1.54) is 6.33 Å². The van der Waals surface area contributed by atoms with Crippen LogP contribution in [0.3, 0.4) is 0 Å². The molecule has 2 N–H and O–H groups in total. The van der Waals surface area contributed by atoms with Crippen LogP contribution in [0.15, 0.2) is 48.8 Å². The van der Waals surface area contributed by atoms with Crippen LogP contribution in [0.4, 0.5) is 17.3 Å². The van der Waals surface area contributed by atoms with Crippen molar-refractivity contribution in [1.82, 2.24) is 9.97 Å². The molecule has 148 valence electrons. The summed E-state index contributed by atoms with van der Waals surface area (Å²) in [6.07, 6.45) is 1.27. The lowest BCUT2D eigenvalue weighted by Gasteiger charge is -2.11. The smallest absolute Gasteiger partial charge is 0.353 e. The first-order valence-corrected chi connectivity index (χ1v) is 9.08. The van der Waals surface area contributed by atoms with Gasteiger partial charge in [-0.3, -0.25) is 10.1 Å². The van der Waals surface area contributed by atoms with E-state index in [-0.39, 0.29) is 24.1 Å². The minimum atomic E-state index is -0.517. The van der Waals surface area contributed by atoms with Gasteiger partial charge in [0.1, 0.15) is 6.33 Å². The van der Waals surface area contributed by atoms with Crippen LogP contribution in [-0.4, -0.2) is 21.7 Å². The highest BCUT2D eigenvalue weighted by molar-refractivity contribution is 6.31.